The Morgan fingerprint density at radius 3 is 3.05 bits per heavy atom. The molecular formula is C15H23N3O. The van der Waals surface area contributed by atoms with E-state index in [4.69, 9.17) is 0 Å². The Hall–Kier alpha value is -1.58. The second kappa shape index (κ2) is 6.55. The summed E-state index contributed by atoms with van der Waals surface area (Å²) < 4.78 is 0. The van der Waals surface area contributed by atoms with Crippen molar-refractivity contribution >= 4 is 11.7 Å². The van der Waals surface area contributed by atoms with Gasteiger partial charge in [0.05, 0.1) is 5.56 Å². The summed E-state index contributed by atoms with van der Waals surface area (Å²) in [4.78, 5) is 18.8. The second-order valence-electron chi connectivity index (χ2n) is 5.15. The predicted octanol–water partition coefficient (Wildman–Crippen LogP) is 2.78. The maximum atomic E-state index is 12.6. The molecule has 1 fully saturated rings. The van der Waals surface area contributed by atoms with Gasteiger partial charge in [-0.05, 0) is 37.3 Å². The number of rotatable bonds is 3. The molecule has 1 saturated heterocycles. The molecule has 0 radical (unpaired) electrons. The number of nitrogens with zero attached hydrogens (tertiary/aromatic N) is 2. The van der Waals surface area contributed by atoms with Crippen molar-refractivity contribution in [2.24, 2.45) is 5.92 Å². The fourth-order valence-electron chi connectivity index (χ4n) is 2.72. The zero-order valence-corrected chi connectivity index (χ0v) is 11.9. The van der Waals surface area contributed by atoms with Crippen LogP contribution in [0.4, 0.5) is 5.82 Å². The van der Waals surface area contributed by atoms with E-state index in [0.717, 1.165) is 31.8 Å². The van der Waals surface area contributed by atoms with Crippen molar-refractivity contribution in [3.05, 3.63) is 23.9 Å². The molecule has 1 atom stereocenters. The molecule has 0 saturated carbocycles. The van der Waals surface area contributed by atoms with Gasteiger partial charge in [0.25, 0.3) is 5.91 Å². The van der Waals surface area contributed by atoms with Crippen LogP contribution < -0.4 is 5.32 Å². The van der Waals surface area contributed by atoms with E-state index >= 15 is 0 Å². The SMILES string of the molecule is CCC1CCCN(C(=O)c2cccnc2NC)CC1. The number of amides is 1. The van der Waals surface area contributed by atoms with Crippen LogP contribution in [0.25, 0.3) is 0 Å². The highest BCUT2D eigenvalue weighted by Crippen LogP contribution is 2.22. The molecule has 1 N–H and O–H groups in total. The van der Waals surface area contributed by atoms with Gasteiger partial charge in [-0.25, -0.2) is 4.98 Å². The van der Waals surface area contributed by atoms with Gasteiger partial charge < -0.3 is 10.2 Å². The number of pyridine rings is 1. The summed E-state index contributed by atoms with van der Waals surface area (Å²) in [6.07, 6.45) is 6.40. The molecule has 1 unspecified atom stereocenters. The molecule has 2 rings (SSSR count). The highest BCUT2D eigenvalue weighted by molar-refractivity contribution is 5.98. The normalized spacial score (nSPS) is 19.9. The van der Waals surface area contributed by atoms with Gasteiger partial charge in [0.1, 0.15) is 5.82 Å². The molecule has 0 aliphatic carbocycles. The van der Waals surface area contributed by atoms with E-state index in [1.54, 1.807) is 13.2 Å². The van der Waals surface area contributed by atoms with Gasteiger partial charge in [-0.3, -0.25) is 4.79 Å². The average Bonchev–Trinajstić information content (AvgIpc) is 2.71. The minimum atomic E-state index is 0.106. The van der Waals surface area contributed by atoms with Crippen LogP contribution in [0.2, 0.25) is 0 Å². The molecule has 0 bridgehead atoms. The lowest BCUT2D eigenvalue weighted by Gasteiger charge is -2.21. The van der Waals surface area contributed by atoms with Gasteiger partial charge in [-0.1, -0.05) is 13.3 Å². The number of likely N-dealkylation sites (tertiary alicyclic amines) is 1. The molecule has 1 aromatic rings. The van der Waals surface area contributed by atoms with Gasteiger partial charge in [0.15, 0.2) is 0 Å². The Morgan fingerprint density at radius 2 is 2.32 bits per heavy atom. The number of carbonyl (C=O) groups excluding carboxylic acids is 1. The quantitative estimate of drug-likeness (QED) is 0.910. The van der Waals surface area contributed by atoms with Gasteiger partial charge in [-0.15, -0.1) is 0 Å². The summed E-state index contributed by atoms with van der Waals surface area (Å²) >= 11 is 0. The highest BCUT2D eigenvalue weighted by atomic mass is 16.2. The molecule has 0 spiro atoms. The topological polar surface area (TPSA) is 45.2 Å². The molecule has 2 heterocycles. The summed E-state index contributed by atoms with van der Waals surface area (Å²) in [5, 5.41) is 2.99. The first-order chi connectivity index (χ1) is 9.26. The maximum Gasteiger partial charge on any atom is 0.257 e. The van der Waals surface area contributed by atoms with Crippen molar-refractivity contribution in [2.75, 3.05) is 25.5 Å². The first kappa shape index (κ1) is 13.8. The molecule has 4 heteroatoms. The predicted molar refractivity (Wildman–Crippen MR) is 77.3 cm³/mol. The van der Waals surface area contributed by atoms with E-state index in [0.29, 0.717) is 11.4 Å². The number of hydrogen-bond donors (Lipinski definition) is 1. The molecule has 1 aliphatic heterocycles. The average molecular weight is 261 g/mol. The zero-order chi connectivity index (χ0) is 13.7. The van der Waals surface area contributed by atoms with E-state index in [2.05, 4.69) is 17.2 Å². The number of hydrogen-bond acceptors (Lipinski definition) is 3. The van der Waals surface area contributed by atoms with Gasteiger partial charge in [0, 0.05) is 26.3 Å². The van der Waals surface area contributed by atoms with Gasteiger partial charge >= 0.3 is 0 Å². The number of nitrogens with one attached hydrogen (secondary N) is 1. The Balaban J connectivity index is 2.10. The minimum absolute atomic E-state index is 0.106. The standard InChI is InChI=1S/C15H23N3O/c1-3-12-6-5-10-18(11-8-12)15(19)13-7-4-9-17-14(13)16-2/h4,7,9,12H,3,5-6,8,10-11H2,1-2H3,(H,16,17). The Morgan fingerprint density at radius 1 is 1.47 bits per heavy atom. The molecular weight excluding hydrogens is 238 g/mol. The van der Waals surface area contributed by atoms with Gasteiger partial charge in [0.2, 0.25) is 0 Å². The number of carbonyl (C=O) groups is 1. The van der Waals surface area contributed by atoms with Crippen molar-refractivity contribution in [2.45, 2.75) is 32.6 Å². The number of anilines is 1. The minimum Gasteiger partial charge on any atom is -0.372 e. The second-order valence-corrected chi connectivity index (χ2v) is 5.15. The van der Waals surface area contributed by atoms with Crippen LogP contribution in [0.5, 0.6) is 0 Å². The van der Waals surface area contributed by atoms with Crippen LogP contribution in [0.3, 0.4) is 0 Å². The van der Waals surface area contributed by atoms with Crippen LogP contribution in [0, 0.1) is 5.92 Å². The van der Waals surface area contributed by atoms with Gasteiger partial charge in [-0.2, -0.15) is 0 Å². The molecule has 1 aliphatic rings. The van der Waals surface area contributed by atoms with Crippen molar-refractivity contribution in [3.8, 4) is 0 Å². The van der Waals surface area contributed by atoms with E-state index in [9.17, 15) is 4.79 Å². The first-order valence-electron chi connectivity index (χ1n) is 7.18. The molecule has 4 nitrogen and oxygen atoms in total. The molecule has 104 valence electrons. The van der Waals surface area contributed by atoms with Crippen molar-refractivity contribution in [3.63, 3.8) is 0 Å². The summed E-state index contributed by atoms with van der Waals surface area (Å²) in [7, 11) is 1.80. The molecule has 0 aromatic carbocycles. The Bertz CT molecular complexity index is 433. The molecule has 19 heavy (non-hydrogen) atoms. The van der Waals surface area contributed by atoms with E-state index in [-0.39, 0.29) is 5.91 Å². The third-order valence-electron chi connectivity index (χ3n) is 3.99. The van der Waals surface area contributed by atoms with Crippen LogP contribution in [0.15, 0.2) is 18.3 Å². The lowest BCUT2D eigenvalue weighted by molar-refractivity contribution is 0.0760. The van der Waals surface area contributed by atoms with Crippen LogP contribution in [-0.4, -0.2) is 35.9 Å². The Labute approximate surface area is 115 Å². The first-order valence-corrected chi connectivity index (χ1v) is 7.18. The number of aromatic nitrogens is 1. The van der Waals surface area contributed by atoms with Crippen LogP contribution in [0.1, 0.15) is 43.0 Å². The van der Waals surface area contributed by atoms with E-state index in [1.165, 1.54) is 12.8 Å². The molecule has 1 aromatic heterocycles. The fraction of sp³-hybridized carbons (Fsp3) is 0.600. The van der Waals surface area contributed by atoms with Crippen LogP contribution >= 0.6 is 0 Å². The molecule has 1 amide bonds. The lowest BCUT2D eigenvalue weighted by atomic mass is 9.98. The monoisotopic (exact) mass is 261 g/mol. The smallest absolute Gasteiger partial charge is 0.257 e. The van der Waals surface area contributed by atoms with Crippen molar-refractivity contribution < 1.29 is 4.79 Å². The van der Waals surface area contributed by atoms with Crippen molar-refractivity contribution in [1.82, 2.24) is 9.88 Å². The zero-order valence-electron chi connectivity index (χ0n) is 11.9. The fourth-order valence-corrected chi connectivity index (χ4v) is 2.72. The Kier molecular flexibility index (Phi) is 4.77. The third kappa shape index (κ3) is 3.25. The van der Waals surface area contributed by atoms with E-state index < -0.39 is 0 Å². The summed E-state index contributed by atoms with van der Waals surface area (Å²) in [6.45, 7) is 3.98. The third-order valence-corrected chi connectivity index (χ3v) is 3.99. The van der Waals surface area contributed by atoms with E-state index in [1.807, 2.05) is 17.0 Å². The summed E-state index contributed by atoms with van der Waals surface area (Å²) in [5.74, 6) is 1.55. The maximum absolute atomic E-state index is 12.6. The highest BCUT2D eigenvalue weighted by Gasteiger charge is 2.22. The lowest BCUT2D eigenvalue weighted by Crippen LogP contribution is -2.32. The summed E-state index contributed by atoms with van der Waals surface area (Å²) in [6, 6.07) is 3.67. The summed E-state index contributed by atoms with van der Waals surface area (Å²) in [5.41, 5.74) is 0.681. The largest absolute Gasteiger partial charge is 0.372 e. The van der Waals surface area contributed by atoms with Crippen molar-refractivity contribution in [1.29, 1.82) is 0 Å². The van der Waals surface area contributed by atoms with Crippen LogP contribution in [-0.2, 0) is 0 Å².